The van der Waals surface area contributed by atoms with Gasteiger partial charge in [0.25, 0.3) is 0 Å². The van der Waals surface area contributed by atoms with Crippen molar-refractivity contribution in [1.82, 2.24) is 0 Å². The van der Waals surface area contributed by atoms with Gasteiger partial charge in [0.05, 0.1) is 30.7 Å². The molecule has 5 saturated heterocycles. The van der Waals surface area contributed by atoms with Crippen LogP contribution in [0.25, 0.3) is 0 Å². The van der Waals surface area contributed by atoms with Gasteiger partial charge in [-0.3, -0.25) is 4.79 Å². The number of carbonyl (C=O) groups excluding carboxylic acids is 1. The van der Waals surface area contributed by atoms with E-state index < -0.39 is 17.3 Å². The molecule has 0 aromatic carbocycles. The van der Waals surface area contributed by atoms with E-state index in [0.29, 0.717) is 36.7 Å². The van der Waals surface area contributed by atoms with Gasteiger partial charge in [-0.1, -0.05) is 20.8 Å². The molecule has 0 radical (unpaired) electrons. The monoisotopic (exact) mass is 501 g/mol. The van der Waals surface area contributed by atoms with Gasteiger partial charge in [0.1, 0.15) is 11.6 Å². The number of ether oxygens (including phenoxy) is 2. The maximum absolute atomic E-state index is 15.3. The molecule has 7 bridgehead atoms. The quantitative estimate of drug-likeness (QED) is 0.426. The fourth-order valence-corrected chi connectivity index (χ4v) is 12.1. The molecule has 7 fully saturated rings. The summed E-state index contributed by atoms with van der Waals surface area (Å²) in [6.45, 7) is 12.0. The second kappa shape index (κ2) is 7.15. The Balaban J connectivity index is 1.32. The average Bonchev–Trinajstić information content (AvgIpc) is 3.44. The number of aliphatic hydroxyl groups is 1. The van der Waals surface area contributed by atoms with Crippen LogP contribution in [0, 0.1) is 45.1 Å². The Bertz CT molecular complexity index is 986. The third-order valence-corrected chi connectivity index (χ3v) is 13.8. The minimum atomic E-state index is -1.07. The normalized spacial score (nSPS) is 59.4. The van der Waals surface area contributed by atoms with E-state index in [0.717, 1.165) is 64.3 Å². The maximum atomic E-state index is 15.3. The van der Waals surface area contributed by atoms with Crippen LogP contribution >= 0.6 is 0 Å². The Hall–Kier alpha value is -0.530. The largest absolute Gasteiger partial charge is 0.632 e. The number of aliphatic hydroxyl groups excluding tert-OH is 1. The van der Waals surface area contributed by atoms with Crippen molar-refractivity contribution in [3.8, 4) is 0 Å². The molecule has 6 heteroatoms. The number of hydroxylamine groups is 3. The summed E-state index contributed by atoms with van der Waals surface area (Å²) in [7, 11) is 0. The van der Waals surface area contributed by atoms with Crippen molar-refractivity contribution in [1.29, 1.82) is 0 Å². The van der Waals surface area contributed by atoms with Gasteiger partial charge < -0.3 is 24.4 Å². The van der Waals surface area contributed by atoms with Crippen LogP contribution < -0.4 is 0 Å². The highest BCUT2D eigenvalue weighted by Gasteiger charge is 2.85. The molecule has 2 saturated carbocycles. The molecule has 2 aliphatic carbocycles. The van der Waals surface area contributed by atoms with Gasteiger partial charge >= 0.3 is 0 Å². The summed E-state index contributed by atoms with van der Waals surface area (Å²) in [6.07, 6.45) is 8.48. The molecule has 1 unspecified atom stereocenters. The third kappa shape index (κ3) is 2.51. The number of quaternary nitrogens is 1. The first kappa shape index (κ1) is 24.5. The van der Waals surface area contributed by atoms with E-state index in [4.69, 9.17) is 9.47 Å². The van der Waals surface area contributed by atoms with E-state index in [2.05, 4.69) is 20.8 Å². The van der Waals surface area contributed by atoms with Crippen molar-refractivity contribution in [3.05, 3.63) is 5.21 Å². The van der Waals surface area contributed by atoms with Gasteiger partial charge in [0.2, 0.25) is 0 Å². The zero-order chi connectivity index (χ0) is 25.5. The lowest BCUT2D eigenvalue weighted by Crippen LogP contribution is -2.75. The van der Waals surface area contributed by atoms with Crippen LogP contribution in [0.1, 0.15) is 98.8 Å². The molecule has 5 aliphatic heterocycles. The Kier molecular flexibility index (Phi) is 4.87. The first-order chi connectivity index (χ1) is 16.9. The molecule has 0 amide bonds. The number of Topliss-reactive ketones (excluding diaryl/α,β-unsaturated/α-hetero) is 1. The predicted molar refractivity (Wildman–Crippen MR) is 135 cm³/mol. The summed E-state index contributed by atoms with van der Waals surface area (Å²) in [5.74, 6) is 0.841. The van der Waals surface area contributed by atoms with Crippen molar-refractivity contribution in [2.75, 3.05) is 13.2 Å². The van der Waals surface area contributed by atoms with Crippen LogP contribution in [0.3, 0.4) is 0 Å². The average molecular weight is 502 g/mol. The highest BCUT2D eigenvalue weighted by molar-refractivity contribution is 5.89. The lowest BCUT2D eigenvalue weighted by Gasteiger charge is -2.71. The molecule has 12 atom stereocenters. The van der Waals surface area contributed by atoms with Crippen LogP contribution in [0.2, 0.25) is 0 Å². The van der Waals surface area contributed by atoms with Gasteiger partial charge in [0.15, 0.2) is 11.6 Å². The van der Waals surface area contributed by atoms with Crippen molar-refractivity contribution in [3.63, 3.8) is 0 Å². The number of ketones is 1. The van der Waals surface area contributed by atoms with Crippen molar-refractivity contribution >= 4 is 5.78 Å². The van der Waals surface area contributed by atoms with Crippen LogP contribution in [-0.2, 0) is 14.3 Å². The fraction of sp³-hybridized carbons (Fsp3) is 0.967. The molecule has 0 aromatic heterocycles. The van der Waals surface area contributed by atoms with Gasteiger partial charge in [-0.15, -0.1) is 0 Å². The number of rotatable bonds is 5. The van der Waals surface area contributed by atoms with Crippen LogP contribution in [-0.4, -0.2) is 58.3 Å². The number of hydrogen-bond donors (Lipinski definition) is 1. The Morgan fingerprint density at radius 3 is 2.61 bits per heavy atom. The standard InChI is InChI=1S/C30H47NO5/c1-18(2)20-9-12-27(4)19-8-14-29-11-6-7-22(29)30(27,24(20)31(29,34)16-19)15-21(32)25(33)26(3)17-35-28(5)13-10-23(26)36-28/h18-24,32H,6-17H2,1-5H3/t19-,20-,21+,22-,23+,24+,26-,27+,28-,29-,30+,31?/m1/s1. The first-order valence-corrected chi connectivity index (χ1v) is 15.0. The smallest absolute Gasteiger partial charge is 0.172 e. The predicted octanol–water partition coefficient (Wildman–Crippen LogP) is 4.96. The van der Waals surface area contributed by atoms with E-state index in [1.807, 2.05) is 13.8 Å². The lowest BCUT2D eigenvalue weighted by molar-refractivity contribution is -0.966. The molecule has 202 valence electrons. The number of hydrogen-bond acceptors (Lipinski definition) is 5. The molecule has 36 heavy (non-hydrogen) atoms. The van der Waals surface area contributed by atoms with E-state index in [-0.39, 0.29) is 38.9 Å². The number of carbonyl (C=O) groups is 1. The molecule has 1 N–H and O–H groups in total. The molecule has 6 nitrogen and oxygen atoms in total. The molecule has 7 aliphatic rings. The summed E-state index contributed by atoms with van der Waals surface area (Å²) < 4.78 is 12.2. The van der Waals surface area contributed by atoms with Crippen molar-refractivity contribution in [2.24, 2.45) is 39.9 Å². The minimum absolute atomic E-state index is 0.00779. The Morgan fingerprint density at radius 2 is 1.86 bits per heavy atom. The zero-order valence-electron chi connectivity index (χ0n) is 23.1. The highest BCUT2D eigenvalue weighted by Crippen LogP contribution is 2.81. The molecule has 1 spiro atoms. The van der Waals surface area contributed by atoms with E-state index >= 15 is 5.21 Å². The number of fused-ring (bicyclic) bond motifs is 4. The van der Waals surface area contributed by atoms with Gasteiger partial charge in [0, 0.05) is 42.4 Å². The van der Waals surface area contributed by atoms with Gasteiger partial charge in [-0.25, -0.2) is 0 Å². The molecule has 7 rings (SSSR count). The Labute approximate surface area is 216 Å². The van der Waals surface area contributed by atoms with Crippen molar-refractivity contribution in [2.45, 2.75) is 128 Å². The van der Waals surface area contributed by atoms with Crippen LogP contribution in [0.5, 0.6) is 0 Å². The summed E-state index contributed by atoms with van der Waals surface area (Å²) in [5, 5.41) is 27.2. The lowest BCUT2D eigenvalue weighted by atomic mass is 9.42. The molecular weight excluding hydrogens is 454 g/mol. The second-order valence-corrected chi connectivity index (χ2v) is 15.2. The van der Waals surface area contributed by atoms with E-state index in [9.17, 15) is 9.90 Å². The summed E-state index contributed by atoms with van der Waals surface area (Å²) in [5.41, 5.74) is -1.25. The molecular formula is C30H47NO5. The number of nitrogens with zero attached hydrogens (tertiary/aromatic N) is 1. The van der Waals surface area contributed by atoms with E-state index in [1.54, 1.807) is 0 Å². The Morgan fingerprint density at radius 1 is 1.08 bits per heavy atom. The first-order valence-electron chi connectivity index (χ1n) is 15.0. The minimum Gasteiger partial charge on any atom is -0.632 e. The zero-order valence-corrected chi connectivity index (χ0v) is 23.1. The van der Waals surface area contributed by atoms with Crippen LogP contribution in [0.4, 0.5) is 0 Å². The summed E-state index contributed by atoms with van der Waals surface area (Å²) in [6, 6.07) is 0.0157. The molecule has 5 heterocycles. The number of piperidine rings is 2. The van der Waals surface area contributed by atoms with E-state index in [1.165, 1.54) is 0 Å². The van der Waals surface area contributed by atoms with Gasteiger partial charge in [-0.05, 0) is 70.1 Å². The SMILES string of the molecule is CC(C)[C@H]1CC[C@@]2(C)[C@@H]3CC[C@]45CCC[C@H]4[C@@]2(C[C@H](O)C(=O)[C@]2(C)CO[C@@]4(C)CC[C@@H]2O4)[C@H]1[N+]5([O-])C3. The van der Waals surface area contributed by atoms with Crippen molar-refractivity contribution < 1.29 is 24.0 Å². The van der Waals surface area contributed by atoms with Crippen LogP contribution in [0.15, 0.2) is 0 Å². The fourth-order valence-electron chi connectivity index (χ4n) is 12.1. The van der Waals surface area contributed by atoms with Gasteiger partial charge in [-0.2, -0.15) is 0 Å². The summed E-state index contributed by atoms with van der Waals surface area (Å²) in [4.78, 5) is 14.2. The molecule has 0 aromatic rings. The maximum Gasteiger partial charge on any atom is 0.172 e. The highest BCUT2D eigenvalue weighted by atomic mass is 16.7. The third-order valence-electron chi connectivity index (χ3n) is 13.8. The topological polar surface area (TPSA) is 78.8 Å². The summed E-state index contributed by atoms with van der Waals surface area (Å²) >= 11 is 0. The second-order valence-electron chi connectivity index (χ2n) is 15.2.